The number of fused-ring (bicyclic) bond motifs is 2. The lowest BCUT2D eigenvalue weighted by molar-refractivity contribution is -0.130. The molecule has 0 bridgehead atoms. The van der Waals surface area contributed by atoms with Crippen molar-refractivity contribution in [3.05, 3.63) is 59.7 Å². The van der Waals surface area contributed by atoms with Crippen LogP contribution in [0.5, 0.6) is 5.75 Å². The van der Waals surface area contributed by atoms with Crippen LogP contribution in [0, 0.1) is 0 Å². The third-order valence-corrected chi connectivity index (χ3v) is 4.86. The van der Waals surface area contributed by atoms with Gasteiger partial charge in [0.05, 0.1) is 12.1 Å². The van der Waals surface area contributed by atoms with Crippen LogP contribution in [-0.4, -0.2) is 33.7 Å². The molecular weight excluding hydrogens is 344 g/mol. The maximum Gasteiger partial charge on any atom is 0.261 e. The van der Waals surface area contributed by atoms with E-state index in [1.54, 1.807) is 12.1 Å². The van der Waals surface area contributed by atoms with Crippen molar-refractivity contribution in [3.8, 4) is 5.75 Å². The maximum atomic E-state index is 12.6. The third kappa shape index (κ3) is 3.62. The fourth-order valence-corrected chi connectivity index (χ4v) is 3.47. The summed E-state index contributed by atoms with van der Waals surface area (Å²) in [5.41, 5.74) is 7.81. The summed E-state index contributed by atoms with van der Waals surface area (Å²) in [7, 11) is 0. The van der Waals surface area contributed by atoms with Gasteiger partial charge in [-0.1, -0.05) is 30.3 Å². The fourth-order valence-electron chi connectivity index (χ4n) is 3.47. The van der Waals surface area contributed by atoms with Crippen LogP contribution < -0.4 is 10.9 Å². The van der Waals surface area contributed by atoms with Crippen molar-refractivity contribution in [2.75, 3.05) is 0 Å². The van der Waals surface area contributed by atoms with Gasteiger partial charge in [0.25, 0.3) is 5.91 Å². The molecule has 0 unspecified atom stereocenters. The highest BCUT2D eigenvalue weighted by atomic mass is 16.3. The van der Waals surface area contributed by atoms with Gasteiger partial charge in [-0.15, -0.1) is 0 Å². The smallest absolute Gasteiger partial charge is 0.261 e. The van der Waals surface area contributed by atoms with Crippen LogP contribution in [0.2, 0.25) is 0 Å². The number of phenols is 1. The van der Waals surface area contributed by atoms with Crippen LogP contribution in [0.3, 0.4) is 0 Å². The summed E-state index contributed by atoms with van der Waals surface area (Å²) in [4.78, 5) is 31.3. The first-order valence-corrected chi connectivity index (χ1v) is 8.89. The van der Waals surface area contributed by atoms with Gasteiger partial charge in [0.15, 0.2) is 0 Å². The summed E-state index contributed by atoms with van der Waals surface area (Å²) >= 11 is 0. The van der Waals surface area contributed by atoms with E-state index >= 15 is 0 Å². The van der Waals surface area contributed by atoms with E-state index in [1.165, 1.54) is 12.1 Å². The van der Waals surface area contributed by atoms with Crippen LogP contribution in [0.15, 0.2) is 53.5 Å². The van der Waals surface area contributed by atoms with Crippen LogP contribution in [0.1, 0.15) is 24.0 Å². The van der Waals surface area contributed by atoms with Crippen molar-refractivity contribution in [1.82, 2.24) is 15.8 Å². The summed E-state index contributed by atoms with van der Waals surface area (Å²) in [5, 5.41) is 9.27. The standard InChI is InChI=1S/C20H20N4O3/c25-15-7-5-13(6-8-15)11-19(26)22-23-20(27)17-9-10-18-21-16-4-2-1-3-14(16)12-24(17)18/h1-8,17,25H,9-12H2,(H,22,26)(H,23,27)/t17-/m1/s1. The number of aromatic hydroxyl groups is 1. The molecule has 27 heavy (non-hydrogen) atoms. The van der Waals surface area contributed by atoms with E-state index in [0.29, 0.717) is 13.0 Å². The van der Waals surface area contributed by atoms with Gasteiger partial charge in [0.1, 0.15) is 17.6 Å². The van der Waals surface area contributed by atoms with Gasteiger partial charge in [0, 0.05) is 13.0 Å². The van der Waals surface area contributed by atoms with Crippen LogP contribution >= 0.6 is 0 Å². The number of rotatable bonds is 3. The van der Waals surface area contributed by atoms with Gasteiger partial charge in [-0.25, -0.2) is 4.99 Å². The first kappa shape index (κ1) is 17.1. The molecule has 2 aromatic carbocycles. The predicted octanol–water partition coefficient (Wildman–Crippen LogP) is 1.79. The molecule has 0 spiro atoms. The van der Waals surface area contributed by atoms with Crippen LogP contribution in [-0.2, 0) is 22.6 Å². The number of para-hydroxylation sites is 1. The number of nitrogens with zero attached hydrogens (tertiary/aromatic N) is 2. The molecule has 7 nitrogen and oxygen atoms in total. The molecule has 1 atom stereocenters. The number of hydrogen-bond acceptors (Lipinski definition) is 5. The second-order valence-electron chi connectivity index (χ2n) is 6.72. The normalized spacial score (nSPS) is 17.6. The number of benzene rings is 2. The molecule has 2 heterocycles. The Morgan fingerprint density at radius 1 is 1.11 bits per heavy atom. The Morgan fingerprint density at radius 3 is 2.70 bits per heavy atom. The van der Waals surface area contributed by atoms with E-state index < -0.39 is 0 Å². The van der Waals surface area contributed by atoms with Crippen LogP contribution in [0.4, 0.5) is 5.69 Å². The van der Waals surface area contributed by atoms with Crippen LogP contribution in [0.25, 0.3) is 0 Å². The zero-order valence-electron chi connectivity index (χ0n) is 14.7. The average molecular weight is 364 g/mol. The Labute approximate surface area is 156 Å². The van der Waals surface area contributed by atoms with E-state index in [4.69, 9.17) is 0 Å². The molecule has 4 rings (SSSR count). The summed E-state index contributed by atoms with van der Waals surface area (Å²) in [6.45, 7) is 0.647. The van der Waals surface area contributed by atoms with E-state index in [-0.39, 0.29) is 30.0 Å². The number of amidine groups is 1. The number of hydrazine groups is 1. The van der Waals surface area contributed by atoms with E-state index in [0.717, 1.165) is 29.1 Å². The molecule has 7 heteroatoms. The monoisotopic (exact) mass is 364 g/mol. The number of amides is 2. The van der Waals surface area contributed by atoms with Gasteiger partial charge in [-0.2, -0.15) is 0 Å². The largest absolute Gasteiger partial charge is 0.508 e. The molecule has 0 aromatic heterocycles. The number of aliphatic imine (C=N–C) groups is 1. The number of nitrogens with one attached hydrogen (secondary N) is 2. The average Bonchev–Trinajstić information content (AvgIpc) is 3.09. The molecule has 1 fully saturated rings. The Morgan fingerprint density at radius 2 is 1.89 bits per heavy atom. The second-order valence-corrected chi connectivity index (χ2v) is 6.72. The van der Waals surface area contributed by atoms with Gasteiger partial charge in [0.2, 0.25) is 5.91 Å². The molecule has 1 saturated heterocycles. The summed E-state index contributed by atoms with van der Waals surface area (Å²) < 4.78 is 0. The van der Waals surface area contributed by atoms with Gasteiger partial charge in [-0.05, 0) is 35.7 Å². The summed E-state index contributed by atoms with van der Waals surface area (Å²) in [6.07, 6.45) is 1.54. The molecule has 2 aromatic rings. The molecule has 2 aliphatic rings. The van der Waals surface area contributed by atoms with E-state index in [9.17, 15) is 14.7 Å². The third-order valence-electron chi connectivity index (χ3n) is 4.86. The van der Waals surface area contributed by atoms with Gasteiger partial charge >= 0.3 is 0 Å². The van der Waals surface area contributed by atoms with Crippen molar-refractivity contribution < 1.29 is 14.7 Å². The Balaban J connectivity index is 1.34. The highest BCUT2D eigenvalue weighted by molar-refractivity contribution is 5.96. The zero-order chi connectivity index (χ0) is 18.8. The molecule has 0 radical (unpaired) electrons. The fraction of sp³-hybridized carbons (Fsp3) is 0.250. The minimum atomic E-state index is -0.342. The number of phenolic OH excluding ortho intramolecular Hbond substituents is 1. The number of carbonyl (C=O) groups is 2. The lowest BCUT2D eigenvalue weighted by Gasteiger charge is -2.29. The number of carbonyl (C=O) groups excluding carboxylic acids is 2. The highest BCUT2D eigenvalue weighted by Gasteiger charge is 2.36. The highest BCUT2D eigenvalue weighted by Crippen LogP contribution is 2.32. The molecule has 0 saturated carbocycles. The van der Waals surface area contributed by atoms with E-state index in [1.807, 2.05) is 29.2 Å². The summed E-state index contributed by atoms with van der Waals surface area (Å²) in [5.74, 6) is 0.516. The summed E-state index contributed by atoms with van der Waals surface area (Å²) in [6, 6.07) is 14.0. The second kappa shape index (κ2) is 7.11. The van der Waals surface area contributed by atoms with E-state index in [2.05, 4.69) is 15.8 Å². The Kier molecular flexibility index (Phi) is 4.50. The SMILES string of the molecule is O=C(Cc1ccc(O)cc1)NNC(=O)[C@H]1CCC2=Nc3ccccc3CN21. The minimum absolute atomic E-state index is 0.120. The van der Waals surface area contributed by atoms with Gasteiger partial charge < -0.3 is 10.0 Å². The molecule has 3 N–H and O–H groups in total. The molecule has 0 aliphatic carbocycles. The van der Waals surface area contributed by atoms with Crippen molar-refractivity contribution in [1.29, 1.82) is 0 Å². The number of hydrogen-bond donors (Lipinski definition) is 3. The quantitative estimate of drug-likeness (QED) is 0.724. The maximum absolute atomic E-state index is 12.6. The Bertz CT molecular complexity index is 908. The molecule has 2 amide bonds. The van der Waals surface area contributed by atoms with Crippen molar-refractivity contribution in [2.24, 2.45) is 4.99 Å². The van der Waals surface area contributed by atoms with Gasteiger partial charge in [-0.3, -0.25) is 20.4 Å². The zero-order valence-corrected chi connectivity index (χ0v) is 14.7. The van der Waals surface area contributed by atoms with Crippen molar-refractivity contribution in [2.45, 2.75) is 31.8 Å². The van der Waals surface area contributed by atoms with Crippen molar-refractivity contribution >= 4 is 23.3 Å². The first-order valence-electron chi connectivity index (χ1n) is 8.89. The van der Waals surface area contributed by atoms with Crippen molar-refractivity contribution in [3.63, 3.8) is 0 Å². The minimum Gasteiger partial charge on any atom is -0.508 e. The molecular formula is C20H20N4O3. The Hall–Kier alpha value is -3.35. The lowest BCUT2D eigenvalue weighted by Crippen LogP contribution is -2.51. The topological polar surface area (TPSA) is 94.0 Å². The molecule has 2 aliphatic heterocycles. The predicted molar refractivity (Wildman–Crippen MR) is 100 cm³/mol. The lowest BCUT2D eigenvalue weighted by atomic mass is 10.1. The molecule has 138 valence electrons. The first-order chi connectivity index (χ1) is 13.1.